The zero-order chi connectivity index (χ0) is 15.8. The number of hydrogen-bond acceptors (Lipinski definition) is 5. The van der Waals surface area contributed by atoms with E-state index in [2.05, 4.69) is 22.5 Å². The van der Waals surface area contributed by atoms with E-state index < -0.39 is 23.3 Å². The highest BCUT2D eigenvalue weighted by molar-refractivity contribution is 5.88. The summed E-state index contributed by atoms with van der Waals surface area (Å²) in [5.41, 5.74) is 4.45. The van der Waals surface area contributed by atoms with Crippen molar-refractivity contribution >= 4 is 17.7 Å². The summed E-state index contributed by atoms with van der Waals surface area (Å²) in [5.74, 6) is -1.28. The number of hydrogen-bond donors (Lipinski definition) is 4. The molecule has 0 unspecified atom stereocenters. The molecule has 0 saturated carbocycles. The van der Waals surface area contributed by atoms with Gasteiger partial charge in [0.15, 0.2) is 5.88 Å². The van der Waals surface area contributed by atoms with Gasteiger partial charge in [0.05, 0.1) is 19.6 Å². The Labute approximate surface area is 118 Å². The quantitative estimate of drug-likeness (QED) is 0.408. The summed E-state index contributed by atoms with van der Waals surface area (Å²) in [4.78, 5) is 33.0. The molecule has 3 amide bonds. The molecule has 0 aliphatic rings. The number of primary amides is 1. The molecule has 5 N–H and O–H groups in total. The molecule has 0 radical (unpaired) electrons. The Balaban J connectivity index is 3.81. The van der Waals surface area contributed by atoms with Gasteiger partial charge in [-0.3, -0.25) is 14.4 Å². The third kappa shape index (κ3) is 10.9. The molecule has 0 aromatic heterocycles. The van der Waals surface area contributed by atoms with E-state index in [1.807, 2.05) is 20.8 Å². The summed E-state index contributed by atoms with van der Waals surface area (Å²) in [6, 6.07) is 0. The lowest BCUT2D eigenvalue weighted by Gasteiger charge is -2.23. The van der Waals surface area contributed by atoms with Crippen LogP contribution < -0.4 is 21.7 Å². The lowest BCUT2D eigenvalue weighted by Crippen LogP contribution is -2.43. The maximum Gasteiger partial charge on any atom is 0.239 e. The third-order valence-corrected chi connectivity index (χ3v) is 1.78. The zero-order valence-corrected chi connectivity index (χ0v) is 12.0. The van der Waals surface area contributed by atoms with Crippen LogP contribution in [0.15, 0.2) is 12.5 Å². The fraction of sp³-hybridized carbons (Fsp3) is 0.583. The first-order valence-corrected chi connectivity index (χ1v) is 6.03. The number of amides is 3. The molecule has 0 heterocycles. The predicted octanol–water partition coefficient (Wildman–Crippen LogP) is -1.42. The Morgan fingerprint density at radius 3 is 1.90 bits per heavy atom. The van der Waals surface area contributed by atoms with Gasteiger partial charge in [0, 0.05) is 0 Å². The van der Waals surface area contributed by atoms with Gasteiger partial charge in [-0.05, 0) is 27.4 Å². The van der Waals surface area contributed by atoms with E-state index in [9.17, 15) is 14.4 Å². The van der Waals surface area contributed by atoms with Crippen LogP contribution in [0.25, 0.3) is 0 Å². The molecule has 0 aromatic rings. The van der Waals surface area contributed by atoms with Crippen LogP contribution in [0, 0.1) is 0 Å². The molecule has 0 rings (SSSR count). The smallest absolute Gasteiger partial charge is 0.239 e. The number of carbonyl (C=O) groups excluding carboxylic acids is 3. The van der Waals surface area contributed by atoms with Crippen LogP contribution in [0.2, 0.25) is 0 Å². The largest absolute Gasteiger partial charge is 0.474 e. The van der Waals surface area contributed by atoms with E-state index in [4.69, 9.17) is 10.5 Å². The highest BCUT2D eigenvalue weighted by atomic mass is 16.5. The molecule has 20 heavy (non-hydrogen) atoms. The van der Waals surface area contributed by atoms with E-state index >= 15 is 0 Å². The molecule has 0 aliphatic heterocycles. The minimum absolute atomic E-state index is 0.0714. The van der Waals surface area contributed by atoms with Gasteiger partial charge in [0.25, 0.3) is 0 Å². The predicted molar refractivity (Wildman–Crippen MR) is 73.2 cm³/mol. The van der Waals surface area contributed by atoms with Gasteiger partial charge in [0.2, 0.25) is 17.7 Å². The number of carbonyl (C=O) groups is 3. The molecular weight excluding hydrogens is 264 g/mol. The monoisotopic (exact) mass is 286 g/mol. The topological polar surface area (TPSA) is 123 Å². The Morgan fingerprint density at radius 2 is 1.45 bits per heavy atom. The van der Waals surface area contributed by atoms with E-state index in [0.717, 1.165) is 0 Å². The summed E-state index contributed by atoms with van der Waals surface area (Å²) in [6.45, 7) is 8.59. The highest BCUT2D eigenvalue weighted by Gasteiger charge is 2.13. The van der Waals surface area contributed by atoms with Crippen molar-refractivity contribution in [3.05, 3.63) is 12.5 Å². The first-order valence-electron chi connectivity index (χ1n) is 6.03. The van der Waals surface area contributed by atoms with Gasteiger partial charge in [-0.2, -0.15) is 0 Å². The maximum atomic E-state index is 11.4. The van der Waals surface area contributed by atoms with E-state index in [1.54, 1.807) is 0 Å². The summed E-state index contributed by atoms with van der Waals surface area (Å²) >= 11 is 0. The lowest BCUT2D eigenvalue weighted by atomic mass is 10.2. The van der Waals surface area contributed by atoms with Crippen LogP contribution >= 0.6 is 0 Å². The van der Waals surface area contributed by atoms with Crippen molar-refractivity contribution in [1.29, 1.82) is 0 Å². The number of rotatable bonds is 8. The summed E-state index contributed by atoms with van der Waals surface area (Å²) in [6.07, 6.45) is 0. The molecule has 0 bridgehead atoms. The van der Waals surface area contributed by atoms with Crippen molar-refractivity contribution in [2.75, 3.05) is 19.6 Å². The van der Waals surface area contributed by atoms with E-state index in [0.29, 0.717) is 0 Å². The first-order chi connectivity index (χ1) is 9.10. The second kappa shape index (κ2) is 8.03. The molecule has 8 nitrogen and oxygen atoms in total. The normalized spacial score (nSPS) is 10.3. The minimum atomic E-state index is -0.651. The van der Waals surface area contributed by atoms with E-state index in [1.165, 1.54) is 0 Å². The summed E-state index contributed by atoms with van der Waals surface area (Å²) in [7, 11) is 0. The van der Waals surface area contributed by atoms with Crippen LogP contribution in [-0.2, 0) is 19.1 Å². The SMILES string of the molecule is C=C(NCC(=O)NCC(=O)NCC(N)=O)OC(C)(C)C. The Kier molecular flexibility index (Phi) is 7.12. The van der Waals surface area contributed by atoms with Crippen LogP contribution in [0.4, 0.5) is 0 Å². The molecule has 114 valence electrons. The van der Waals surface area contributed by atoms with Gasteiger partial charge in [-0.1, -0.05) is 0 Å². The van der Waals surface area contributed by atoms with Crippen LogP contribution in [0.5, 0.6) is 0 Å². The van der Waals surface area contributed by atoms with E-state index in [-0.39, 0.29) is 25.5 Å². The molecule has 0 aromatic carbocycles. The van der Waals surface area contributed by atoms with Gasteiger partial charge in [-0.25, -0.2) is 0 Å². The summed E-state index contributed by atoms with van der Waals surface area (Å²) < 4.78 is 5.36. The molecule has 0 saturated heterocycles. The fourth-order valence-electron chi connectivity index (χ4n) is 1.07. The molecule has 0 aliphatic carbocycles. The standard InChI is InChI=1S/C12H22N4O4/c1-8(20-12(2,3)4)14-6-10(18)16-7-11(19)15-5-9(13)17/h14H,1,5-7H2,2-4H3,(H2,13,17)(H,15,19)(H,16,18). The Hall–Kier alpha value is -2.25. The second-order valence-electron chi connectivity index (χ2n) is 5.01. The average Bonchev–Trinajstić information content (AvgIpc) is 2.29. The van der Waals surface area contributed by atoms with Gasteiger partial charge >= 0.3 is 0 Å². The minimum Gasteiger partial charge on any atom is -0.474 e. The van der Waals surface area contributed by atoms with Crippen molar-refractivity contribution in [2.45, 2.75) is 26.4 Å². The average molecular weight is 286 g/mol. The molecule has 0 atom stereocenters. The molecular formula is C12H22N4O4. The van der Waals surface area contributed by atoms with Gasteiger partial charge < -0.3 is 26.4 Å². The van der Waals surface area contributed by atoms with Crippen LogP contribution in [-0.4, -0.2) is 43.0 Å². The first kappa shape index (κ1) is 17.8. The van der Waals surface area contributed by atoms with Crippen molar-refractivity contribution in [3.63, 3.8) is 0 Å². The molecule has 0 spiro atoms. The number of nitrogens with one attached hydrogen (secondary N) is 3. The maximum absolute atomic E-state index is 11.4. The Morgan fingerprint density at radius 1 is 1.00 bits per heavy atom. The van der Waals surface area contributed by atoms with Crippen LogP contribution in [0.3, 0.4) is 0 Å². The van der Waals surface area contributed by atoms with Gasteiger partial charge in [0.1, 0.15) is 5.60 Å². The highest BCUT2D eigenvalue weighted by Crippen LogP contribution is 2.09. The number of nitrogens with two attached hydrogens (primary N) is 1. The van der Waals surface area contributed by atoms with Crippen molar-refractivity contribution < 1.29 is 19.1 Å². The second-order valence-corrected chi connectivity index (χ2v) is 5.01. The third-order valence-electron chi connectivity index (χ3n) is 1.78. The van der Waals surface area contributed by atoms with Crippen molar-refractivity contribution in [2.24, 2.45) is 5.73 Å². The van der Waals surface area contributed by atoms with Crippen molar-refractivity contribution in [3.8, 4) is 0 Å². The van der Waals surface area contributed by atoms with Crippen molar-refractivity contribution in [1.82, 2.24) is 16.0 Å². The molecule has 8 heteroatoms. The van der Waals surface area contributed by atoms with Crippen LogP contribution in [0.1, 0.15) is 20.8 Å². The fourth-order valence-corrected chi connectivity index (χ4v) is 1.07. The number of ether oxygens (including phenoxy) is 1. The Bertz CT molecular complexity index is 387. The summed E-state index contributed by atoms with van der Waals surface area (Å²) in [5, 5.41) is 7.28. The lowest BCUT2D eigenvalue weighted by molar-refractivity contribution is -0.126. The zero-order valence-electron chi connectivity index (χ0n) is 12.0. The molecule has 0 fully saturated rings. The van der Waals surface area contributed by atoms with Gasteiger partial charge in [-0.15, -0.1) is 0 Å².